The fourth-order valence-corrected chi connectivity index (χ4v) is 1.91. The summed E-state index contributed by atoms with van der Waals surface area (Å²) in [4.78, 5) is 4.33. The van der Waals surface area contributed by atoms with Crippen LogP contribution in [0.1, 0.15) is 25.6 Å². The van der Waals surface area contributed by atoms with E-state index in [-0.39, 0.29) is 0 Å². The van der Waals surface area contributed by atoms with Gasteiger partial charge in [0.05, 0.1) is 12.7 Å². The van der Waals surface area contributed by atoms with Crippen molar-refractivity contribution >= 4 is 16.7 Å². The van der Waals surface area contributed by atoms with E-state index in [4.69, 9.17) is 4.74 Å². The highest BCUT2D eigenvalue weighted by Gasteiger charge is 2.05. The lowest BCUT2D eigenvalue weighted by Crippen LogP contribution is -2.18. The number of methoxy groups -OCH3 is 1. The van der Waals surface area contributed by atoms with Crippen molar-refractivity contribution in [3.05, 3.63) is 5.82 Å². The van der Waals surface area contributed by atoms with Gasteiger partial charge in [-0.05, 0) is 12.8 Å². The Morgan fingerprint density at radius 3 is 3.06 bits per heavy atom. The number of aliphatic hydroxyl groups is 1. The van der Waals surface area contributed by atoms with Crippen LogP contribution in [0.3, 0.4) is 0 Å². The predicted molar refractivity (Wildman–Crippen MR) is 64.9 cm³/mol. The fourth-order valence-electron chi connectivity index (χ4n) is 1.27. The summed E-state index contributed by atoms with van der Waals surface area (Å²) >= 11 is 1.37. The molecular weight excluding hydrogens is 226 g/mol. The first-order chi connectivity index (χ1) is 7.76. The number of anilines is 1. The van der Waals surface area contributed by atoms with Crippen molar-refractivity contribution in [3.63, 3.8) is 0 Å². The van der Waals surface area contributed by atoms with E-state index in [0.29, 0.717) is 19.6 Å². The summed E-state index contributed by atoms with van der Waals surface area (Å²) in [6.45, 7) is 3.17. The summed E-state index contributed by atoms with van der Waals surface area (Å²) in [5.41, 5.74) is 0. The first-order valence-electron chi connectivity index (χ1n) is 5.49. The first-order valence-corrected chi connectivity index (χ1v) is 6.27. The Balaban J connectivity index is 2.21. The third-order valence-electron chi connectivity index (χ3n) is 2.05. The van der Waals surface area contributed by atoms with Gasteiger partial charge in [0.2, 0.25) is 5.13 Å². The van der Waals surface area contributed by atoms with Crippen molar-refractivity contribution < 1.29 is 9.84 Å². The lowest BCUT2D eigenvalue weighted by molar-refractivity contribution is 0.0615. The van der Waals surface area contributed by atoms with E-state index < -0.39 is 6.10 Å². The summed E-state index contributed by atoms with van der Waals surface area (Å²) < 4.78 is 9.06. The molecule has 1 atom stereocenters. The van der Waals surface area contributed by atoms with Gasteiger partial charge in [0.1, 0.15) is 5.82 Å². The van der Waals surface area contributed by atoms with Gasteiger partial charge in [0.25, 0.3) is 0 Å². The zero-order chi connectivity index (χ0) is 11.8. The van der Waals surface area contributed by atoms with Gasteiger partial charge in [-0.25, -0.2) is 4.98 Å². The van der Waals surface area contributed by atoms with Crippen LogP contribution in [0.5, 0.6) is 0 Å². The molecule has 5 nitrogen and oxygen atoms in total. The average molecular weight is 245 g/mol. The second-order valence-electron chi connectivity index (χ2n) is 3.59. The molecule has 0 saturated carbocycles. The van der Waals surface area contributed by atoms with Crippen LogP contribution in [0.2, 0.25) is 0 Å². The molecule has 92 valence electrons. The molecule has 16 heavy (non-hydrogen) atoms. The van der Waals surface area contributed by atoms with Gasteiger partial charge in [-0.15, -0.1) is 0 Å². The van der Waals surface area contributed by atoms with Crippen LogP contribution < -0.4 is 5.32 Å². The summed E-state index contributed by atoms with van der Waals surface area (Å²) in [6, 6.07) is 0. The van der Waals surface area contributed by atoms with Gasteiger partial charge in [-0.1, -0.05) is 6.92 Å². The molecule has 0 spiro atoms. The average Bonchev–Trinajstić information content (AvgIpc) is 2.67. The van der Waals surface area contributed by atoms with Gasteiger partial charge in [-0.3, -0.25) is 0 Å². The third kappa shape index (κ3) is 4.87. The normalized spacial score (nSPS) is 12.7. The number of aliphatic hydroxyl groups excluding tert-OH is 1. The Morgan fingerprint density at radius 2 is 2.38 bits per heavy atom. The summed E-state index contributed by atoms with van der Waals surface area (Å²) in [5.74, 6) is 0.896. The molecule has 0 saturated heterocycles. The lowest BCUT2D eigenvalue weighted by atomic mass is 10.3. The van der Waals surface area contributed by atoms with Crippen molar-refractivity contribution in [1.82, 2.24) is 9.36 Å². The van der Waals surface area contributed by atoms with Gasteiger partial charge >= 0.3 is 0 Å². The van der Waals surface area contributed by atoms with E-state index >= 15 is 0 Å². The van der Waals surface area contributed by atoms with Gasteiger partial charge in [-0.2, -0.15) is 4.37 Å². The van der Waals surface area contributed by atoms with Crippen molar-refractivity contribution in [1.29, 1.82) is 0 Å². The number of aryl methyl sites for hydroxylation is 1. The minimum Gasteiger partial charge on any atom is -0.391 e. The fraction of sp³-hybridized carbons (Fsp3) is 0.800. The Morgan fingerprint density at radius 1 is 1.56 bits per heavy atom. The maximum atomic E-state index is 9.42. The number of ether oxygens (including phenoxy) is 1. The molecule has 1 rings (SSSR count). The molecule has 0 aliphatic heterocycles. The number of nitrogens with zero attached hydrogens (tertiary/aromatic N) is 2. The van der Waals surface area contributed by atoms with Gasteiger partial charge in [0.15, 0.2) is 0 Å². The molecule has 6 heteroatoms. The van der Waals surface area contributed by atoms with Crippen molar-refractivity contribution in [2.75, 3.05) is 25.6 Å². The highest BCUT2D eigenvalue weighted by molar-refractivity contribution is 7.09. The standard InChI is InChI=1S/C10H19N3O2S/c1-3-4-9-12-10(16-13-9)11-6-5-8(14)7-15-2/h8,14H,3-7H2,1-2H3,(H,11,12,13). The number of hydrogen-bond acceptors (Lipinski definition) is 6. The van der Waals surface area contributed by atoms with E-state index in [9.17, 15) is 5.11 Å². The van der Waals surface area contributed by atoms with E-state index in [1.165, 1.54) is 11.5 Å². The van der Waals surface area contributed by atoms with Crippen molar-refractivity contribution in [3.8, 4) is 0 Å². The van der Waals surface area contributed by atoms with Crippen LogP contribution >= 0.6 is 11.5 Å². The minimum atomic E-state index is -0.416. The first kappa shape index (κ1) is 13.3. The molecule has 0 radical (unpaired) electrons. The molecule has 0 fully saturated rings. The topological polar surface area (TPSA) is 67.3 Å². The zero-order valence-electron chi connectivity index (χ0n) is 9.77. The highest BCUT2D eigenvalue weighted by atomic mass is 32.1. The molecule has 1 heterocycles. The van der Waals surface area contributed by atoms with Crippen molar-refractivity contribution in [2.45, 2.75) is 32.3 Å². The molecule has 0 aromatic carbocycles. The molecule has 1 aromatic rings. The minimum absolute atomic E-state index is 0.374. The van der Waals surface area contributed by atoms with Crippen LogP contribution in [-0.4, -0.2) is 40.8 Å². The van der Waals surface area contributed by atoms with E-state index in [1.54, 1.807) is 7.11 Å². The van der Waals surface area contributed by atoms with Gasteiger partial charge in [0, 0.05) is 31.6 Å². The smallest absolute Gasteiger partial charge is 0.202 e. The molecular formula is C10H19N3O2S. The van der Waals surface area contributed by atoms with Crippen LogP contribution in [0.15, 0.2) is 0 Å². The molecule has 0 aliphatic carbocycles. The number of hydrogen-bond donors (Lipinski definition) is 2. The molecule has 0 amide bonds. The molecule has 2 N–H and O–H groups in total. The Labute approximate surface area is 100 Å². The van der Waals surface area contributed by atoms with Crippen LogP contribution in [0.4, 0.5) is 5.13 Å². The number of rotatable bonds is 8. The molecule has 1 unspecified atom stereocenters. The maximum absolute atomic E-state index is 9.42. The molecule has 0 aliphatic rings. The SMILES string of the molecule is CCCc1nsc(NCCC(O)COC)n1. The lowest BCUT2D eigenvalue weighted by Gasteiger charge is -2.08. The van der Waals surface area contributed by atoms with E-state index in [2.05, 4.69) is 21.6 Å². The third-order valence-corrected chi connectivity index (χ3v) is 2.77. The monoisotopic (exact) mass is 245 g/mol. The molecule has 1 aromatic heterocycles. The van der Waals surface area contributed by atoms with Crippen LogP contribution in [0.25, 0.3) is 0 Å². The Hall–Kier alpha value is -0.720. The van der Waals surface area contributed by atoms with Gasteiger partial charge < -0.3 is 15.2 Å². The summed E-state index contributed by atoms with van der Waals surface area (Å²) in [5, 5.41) is 13.4. The van der Waals surface area contributed by atoms with Crippen molar-refractivity contribution in [2.24, 2.45) is 0 Å². The second kappa shape index (κ2) is 7.54. The summed E-state index contributed by atoms with van der Waals surface area (Å²) in [7, 11) is 1.58. The number of aromatic nitrogens is 2. The van der Waals surface area contributed by atoms with Crippen LogP contribution in [0, 0.1) is 0 Å². The largest absolute Gasteiger partial charge is 0.391 e. The van der Waals surface area contributed by atoms with E-state index in [1.807, 2.05) is 0 Å². The quantitative estimate of drug-likeness (QED) is 0.722. The molecule has 0 bridgehead atoms. The van der Waals surface area contributed by atoms with E-state index in [0.717, 1.165) is 23.8 Å². The zero-order valence-corrected chi connectivity index (χ0v) is 10.6. The Kier molecular flexibility index (Phi) is 6.29. The second-order valence-corrected chi connectivity index (χ2v) is 4.34. The number of nitrogens with one attached hydrogen (secondary N) is 1. The van der Waals surface area contributed by atoms with Crippen LogP contribution in [-0.2, 0) is 11.2 Å². The summed E-state index contributed by atoms with van der Waals surface area (Å²) in [6.07, 6.45) is 2.21. The highest BCUT2D eigenvalue weighted by Crippen LogP contribution is 2.12. The Bertz CT molecular complexity index is 293. The maximum Gasteiger partial charge on any atom is 0.202 e. The predicted octanol–water partition coefficient (Wildman–Crippen LogP) is 1.30.